The molecule has 0 saturated carbocycles. The maximum absolute atomic E-state index is 12.7. The van der Waals surface area contributed by atoms with Gasteiger partial charge in [0.05, 0.1) is 10.7 Å². The van der Waals surface area contributed by atoms with E-state index in [1.807, 2.05) is 0 Å². The number of pyridine rings is 1. The van der Waals surface area contributed by atoms with Gasteiger partial charge in [0.25, 0.3) is 11.5 Å². The zero-order chi connectivity index (χ0) is 17.3. The highest BCUT2D eigenvalue weighted by atomic mass is 35.5. The zero-order valence-electron chi connectivity index (χ0n) is 13.0. The average Bonchev–Trinajstić information content (AvgIpc) is 2.96. The number of nitrogens with one attached hydrogen (secondary N) is 1. The molecular weight excluding hydrogens is 330 g/mol. The molecule has 1 fully saturated rings. The van der Waals surface area contributed by atoms with Gasteiger partial charge in [0.15, 0.2) is 0 Å². The van der Waals surface area contributed by atoms with Crippen LogP contribution < -0.4 is 10.5 Å². The van der Waals surface area contributed by atoms with Gasteiger partial charge < -0.3 is 14.8 Å². The third-order valence-electron chi connectivity index (χ3n) is 4.16. The summed E-state index contributed by atoms with van der Waals surface area (Å²) in [6.07, 6.45) is 1.94. The van der Waals surface area contributed by atoms with Gasteiger partial charge in [-0.05, 0) is 30.7 Å². The number of para-hydroxylation sites is 1. The van der Waals surface area contributed by atoms with Crippen LogP contribution in [0.2, 0.25) is 5.02 Å². The van der Waals surface area contributed by atoms with Crippen LogP contribution in [0.5, 0.6) is 0 Å². The van der Waals surface area contributed by atoms with Crippen LogP contribution in [-0.2, 0) is 4.79 Å². The number of rotatable bonds is 3. The molecule has 0 bridgehead atoms. The number of likely N-dealkylation sites (N-methyl/N-ethyl adjacent to an activating group) is 1. The van der Waals surface area contributed by atoms with E-state index in [2.05, 4.69) is 4.98 Å². The van der Waals surface area contributed by atoms with Crippen molar-refractivity contribution in [2.24, 2.45) is 0 Å². The molecule has 2 aromatic rings. The van der Waals surface area contributed by atoms with Gasteiger partial charge in [0.1, 0.15) is 11.6 Å². The average molecular weight is 346 g/mol. The summed E-state index contributed by atoms with van der Waals surface area (Å²) >= 11 is 6.16. The molecule has 124 valence electrons. The number of benzene rings is 1. The number of aromatic amines is 1. The highest BCUT2D eigenvalue weighted by Crippen LogP contribution is 2.30. The molecular formula is C17H16ClN3O3. The molecule has 1 aliphatic heterocycles. The molecule has 1 aliphatic rings. The van der Waals surface area contributed by atoms with Crippen LogP contribution in [0.1, 0.15) is 16.8 Å². The summed E-state index contributed by atoms with van der Waals surface area (Å²) in [5.41, 5.74) is 0.178. The molecule has 3 rings (SSSR count). The van der Waals surface area contributed by atoms with E-state index >= 15 is 0 Å². The van der Waals surface area contributed by atoms with Crippen LogP contribution in [0.25, 0.3) is 0 Å². The molecule has 1 aromatic carbocycles. The van der Waals surface area contributed by atoms with Gasteiger partial charge in [0.2, 0.25) is 5.91 Å². The molecule has 24 heavy (non-hydrogen) atoms. The van der Waals surface area contributed by atoms with Crippen molar-refractivity contribution in [3.05, 3.63) is 63.5 Å². The lowest BCUT2D eigenvalue weighted by atomic mass is 10.2. The number of hydrogen-bond acceptors (Lipinski definition) is 3. The Balaban J connectivity index is 1.83. The van der Waals surface area contributed by atoms with Gasteiger partial charge in [-0.15, -0.1) is 0 Å². The van der Waals surface area contributed by atoms with E-state index < -0.39 is 17.5 Å². The van der Waals surface area contributed by atoms with Crippen LogP contribution >= 0.6 is 11.6 Å². The monoisotopic (exact) mass is 345 g/mol. The normalized spacial score (nSPS) is 17.2. The summed E-state index contributed by atoms with van der Waals surface area (Å²) in [4.78, 5) is 42.4. The fourth-order valence-corrected chi connectivity index (χ4v) is 3.09. The predicted octanol–water partition coefficient (Wildman–Crippen LogP) is 1.91. The first-order valence-corrected chi connectivity index (χ1v) is 7.89. The van der Waals surface area contributed by atoms with E-state index in [0.29, 0.717) is 23.7 Å². The third kappa shape index (κ3) is 2.80. The second-order valence-corrected chi connectivity index (χ2v) is 5.98. The number of carbonyl (C=O) groups excluding carboxylic acids is 2. The Labute approximate surface area is 143 Å². The summed E-state index contributed by atoms with van der Waals surface area (Å²) < 4.78 is 0. The molecule has 1 atom stereocenters. The molecule has 7 heteroatoms. The Morgan fingerprint density at radius 1 is 1.25 bits per heavy atom. The Hall–Kier alpha value is -2.60. The number of aromatic nitrogens is 1. The lowest BCUT2D eigenvalue weighted by molar-refractivity contribution is -0.120. The number of nitrogens with zero attached hydrogens (tertiary/aromatic N) is 2. The zero-order valence-corrected chi connectivity index (χ0v) is 13.8. The van der Waals surface area contributed by atoms with Crippen LogP contribution in [0.3, 0.4) is 0 Å². The highest BCUT2D eigenvalue weighted by molar-refractivity contribution is 6.34. The maximum Gasteiger partial charge on any atom is 0.260 e. The van der Waals surface area contributed by atoms with Crippen molar-refractivity contribution in [1.29, 1.82) is 0 Å². The summed E-state index contributed by atoms with van der Waals surface area (Å²) in [7, 11) is 1.54. The number of halogens is 1. The quantitative estimate of drug-likeness (QED) is 0.923. The Morgan fingerprint density at radius 2 is 2.00 bits per heavy atom. The number of hydrogen-bond donors (Lipinski definition) is 1. The molecule has 2 amide bonds. The van der Waals surface area contributed by atoms with Crippen LogP contribution in [0.4, 0.5) is 5.69 Å². The number of carbonyl (C=O) groups is 2. The first-order valence-electron chi connectivity index (χ1n) is 7.51. The van der Waals surface area contributed by atoms with Gasteiger partial charge in [0, 0.05) is 19.8 Å². The number of amides is 2. The maximum atomic E-state index is 12.7. The first-order chi connectivity index (χ1) is 11.5. The summed E-state index contributed by atoms with van der Waals surface area (Å²) in [5.74, 6) is -0.678. The summed E-state index contributed by atoms with van der Waals surface area (Å²) in [6, 6.07) is 9.50. The minimum absolute atomic E-state index is 0.0176. The molecule has 0 radical (unpaired) electrons. The fourth-order valence-electron chi connectivity index (χ4n) is 2.86. The molecule has 1 N–H and O–H groups in total. The van der Waals surface area contributed by atoms with E-state index in [-0.39, 0.29) is 11.5 Å². The second-order valence-electron chi connectivity index (χ2n) is 5.57. The largest absolute Gasteiger partial charge is 0.329 e. The van der Waals surface area contributed by atoms with E-state index in [9.17, 15) is 14.4 Å². The lowest BCUT2D eigenvalue weighted by Gasteiger charge is -2.24. The second kappa shape index (κ2) is 6.49. The van der Waals surface area contributed by atoms with Crippen LogP contribution in [0, 0.1) is 0 Å². The smallest absolute Gasteiger partial charge is 0.260 e. The number of anilines is 1. The lowest BCUT2D eigenvalue weighted by Crippen LogP contribution is -2.44. The standard InChI is InChI=1S/C17H16ClN3O3/c1-20(16(23)11-5-4-9-19-15(11)22)14-8-10-21(17(14)24)13-7-3-2-6-12(13)18/h2-7,9,14H,8,10H2,1H3,(H,19,22). The molecule has 1 aromatic heterocycles. The van der Waals surface area contributed by atoms with Crippen molar-refractivity contribution >= 4 is 29.1 Å². The number of H-pyrrole nitrogens is 1. The van der Waals surface area contributed by atoms with E-state index in [0.717, 1.165) is 0 Å². The van der Waals surface area contributed by atoms with E-state index in [1.165, 1.54) is 24.2 Å². The predicted molar refractivity (Wildman–Crippen MR) is 91.4 cm³/mol. The molecule has 0 spiro atoms. The summed E-state index contributed by atoms with van der Waals surface area (Å²) in [6.45, 7) is 0.468. The van der Waals surface area contributed by atoms with Gasteiger partial charge in [-0.3, -0.25) is 14.4 Å². The Bertz CT molecular complexity index is 849. The Kier molecular flexibility index (Phi) is 4.40. The summed E-state index contributed by atoms with van der Waals surface area (Å²) in [5, 5.41) is 0.486. The fraction of sp³-hybridized carbons (Fsp3) is 0.235. The Morgan fingerprint density at radius 3 is 2.71 bits per heavy atom. The highest BCUT2D eigenvalue weighted by Gasteiger charge is 2.38. The van der Waals surface area contributed by atoms with Crippen molar-refractivity contribution < 1.29 is 9.59 Å². The van der Waals surface area contributed by atoms with Crippen molar-refractivity contribution in [2.75, 3.05) is 18.5 Å². The molecule has 0 aliphatic carbocycles. The van der Waals surface area contributed by atoms with Gasteiger partial charge in [-0.1, -0.05) is 23.7 Å². The molecule has 6 nitrogen and oxygen atoms in total. The van der Waals surface area contributed by atoms with Crippen molar-refractivity contribution in [1.82, 2.24) is 9.88 Å². The van der Waals surface area contributed by atoms with Gasteiger partial charge >= 0.3 is 0 Å². The van der Waals surface area contributed by atoms with Crippen molar-refractivity contribution in [3.63, 3.8) is 0 Å². The topological polar surface area (TPSA) is 73.5 Å². The van der Waals surface area contributed by atoms with Gasteiger partial charge in [-0.2, -0.15) is 0 Å². The minimum atomic E-state index is -0.617. The van der Waals surface area contributed by atoms with Gasteiger partial charge in [-0.25, -0.2) is 0 Å². The van der Waals surface area contributed by atoms with Crippen LogP contribution in [-0.4, -0.2) is 41.3 Å². The van der Waals surface area contributed by atoms with Crippen molar-refractivity contribution in [3.8, 4) is 0 Å². The molecule has 1 unspecified atom stereocenters. The minimum Gasteiger partial charge on any atom is -0.329 e. The van der Waals surface area contributed by atoms with Crippen molar-refractivity contribution in [2.45, 2.75) is 12.5 Å². The SMILES string of the molecule is CN(C(=O)c1ccc[nH]c1=O)C1CCN(c2ccccc2Cl)C1=O. The van der Waals surface area contributed by atoms with E-state index in [1.54, 1.807) is 35.2 Å². The first kappa shape index (κ1) is 16.3. The molecule has 1 saturated heterocycles. The third-order valence-corrected chi connectivity index (χ3v) is 4.48. The van der Waals surface area contributed by atoms with Crippen LogP contribution in [0.15, 0.2) is 47.4 Å². The van der Waals surface area contributed by atoms with E-state index in [4.69, 9.17) is 11.6 Å². The molecule has 2 heterocycles.